The van der Waals surface area contributed by atoms with Crippen molar-refractivity contribution in [2.24, 2.45) is 0 Å². The smallest absolute Gasteiger partial charge is 0.335 e. The fourth-order valence-corrected chi connectivity index (χ4v) is 2.58. The van der Waals surface area contributed by atoms with Crippen LogP contribution in [0.15, 0.2) is 42.5 Å². The molecule has 0 atom stereocenters. The Morgan fingerprint density at radius 3 is 2.65 bits per heavy atom. The van der Waals surface area contributed by atoms with Gasteiger partial charge in [-0.1, -0.05) is 12.1 Å². The molecule has 0 fully saturated rings. The molecule has 102 valence electrons. The zero-order chi connectivity index (χ0) is 14.1. The Balaban J connectivity index is 1.78. The molecular formula is C16H14FNO2. The Kier molecular flexibility index (Phi) is 3.14. The van der Waals surface area contributed by atoms with Gasteiger partial charge in [-0.2, -0.15) is 0 Å². The molecule has 0 unspecified atom stereocenters. The Morgan fingerprint density at radius 1 is 1.20 bits per heavy atom. The van der Waals surface area contributed by atoms with Gasteiger partial charge in [0.05, 0.1) is 5.56 Å². The molecule has 0 aliphatic carbocycles. The number of carboxylic acid groups (broad SMARTS) is 1. The minimum atomic E-state index is -0.918. The summed E-state index contributed by atoms with van der Waals surface area (Å²) >= 11 is 0. The highest BCUT2D eigenvalue weighted by Gasteiger charge is 2.19. The number of anilines is 1. The largest absolute Gasteiger partial charge is 0.478 e. The van der Waals surface area contributed by atoms with Gasteiger partial charge in [-0.3, -0.25) is 0 Å². The van der Waals surface area contributed by atoms with Gasteiger partial charge in [0, 0.05) is 18.8 Å². The predicted molar refractivity (Wildman–Crippen MR) is 74.6 cm³/mol. The van der Waals surface area contributed by atoms with E-state index in [1.807, 2.05) is 18.2 Å². The second-order valence-electron chi connectivity index (χ2n) is 4.95. The monoisotopic (exact) mass is 271 g/mol. The normalized spacial score (nSPS) is 13.3. The van der Waals surface area contributed by atoms with Crippen molar-refractivity contribution in [3.05, 3.63) is 65.0 Å². The molecule has 20 heavy (non-hydrogen) atoms. The van der Waals surface area contributed by atoms with E-state index in [2.05, 4.69) is 4.90 Å². The summed E-state index contributed by atoms with van der Waals surface area (Å²) in [6, 6.07) is 11.7. The van der Waals surface area contributed by atoms with Crippen molar-refractivity contribution in [1.82, 2.24) is 0 Å². The number of aromatic carboxylic acids is 1. The summed E-state index contributed by atoms with van der Waals surface area (Å²) in [5.41, 5.74) is 3.44. The maximum atomic E-state index is 13.2. The first-order valence-electron chi connectivity index (χ1n) is 6.49. The second kappa shape index (κ2) is 4.96. The molecule has 0 aromatic heterocycles. The summed E-state index contributed by atoms with van der Waals surface area (Å²) in [7, 11) is 0. The lowest BCUT2D eigenvalue weighted by Crippen LogP contribution is -2.19. The van der Waals surface area contributed by atoms with Gasteiger partial charge in [0.15, 0.2) is 0 Å². The summed E-state index contributed by atoms with van der Waals surface area (Å²) in [6.45, 7) is 1.57. The molecule has 2 aromatic rings. The zero-order valence-electron chi connectivity index (χ0n) is 10.8. The SMILES string of the molecule is O=C(O)c1ccc(CN2CCc3cc(F)ccc32)cc1. The van der Waals surface area contributed by atoms with E-state index in [4.69, 9.17) is 5.11 Å². The van der Waals surface area contributed by atoms with Crippen LogP contribution in [0.2, 0.25) is 0 Å². The van der Waals surface area contributed by atoms with Crippen molar-refractivity contribution < 1.29 is 14.3 Å². The Hall–Kier alpha value is -2.36. The van der Waals surface area contributed by atoms with E-state index >= 15 is 0 Å². The Bertz CT molecular complexity index is 652. The molecule has 2 aromatic carbocycles. The van der Waals surface area contributed by atoms with Crippen LogP contribution in [0.3, 0.4) is 0 Å². The van der Waals surface area contributed by atoms with Crippen LogP contribution in [-0.2, 0) is 13.0 Å². The number of fused-ring (bicyclic) bond motifs is 1. The van der Waals surface area contributed by atoms with Gasteiger partial charge in [0.1, 0.15) is 5.82 Å². The van der Waals surface area contributed by atoms with Crippen LogP contribution in [0.1, 0.15) is 21.5 Å². The number of hydrogen-bond donors (Lipinski definition) is 1. The number of carbonyl (C=O) groups is 1. The van der Waals surface area contributed by atoms with E-state index < -0.39 is 5.97 Å². The van der Waals surface area contributed by atoms with Crippen LogP contribution in [-0.4, -0.2) is 17.6 Å². The molecule has 0 amide bonds. The average Bonchev–Trinajstić information content (AvgIpc) is 2.81. The van der Waals surface area contributed by atoms with Gasteiger partial charge in [0.2, 0.25) is 0 Å². The molecule has 3 nitrogen and oxygen atoms in total. The van der Waals surface area contributed by atoms with Crippen molar-refractivity contribution >= 4 is 11.7 Å². The van der Waals surface area contributed by atoms with E-state index in [0.717, 1.165) is 29.8 Å². The fraction of sp³-hybridized carbons (Fsp3) is 0.188. The summed E-state index contributed by atoms with van der Waals surface area (Å²) in [5.74, 6) is -1.12. The van der Waals surface area contributed by atoms with E-state index in [1.165, 1.54) is 6.07 Å². The summed E-state index contributed by atoms with van der Waals surface area (Å²) in [6.07, 6.45) is 0.848. The number of halogens is 1. The number of hydrogen-bond acceptors (Lipinski definition) is 2. The van der Waals surface area contributed by atoms with Crippen LogP contribution in [0.25, 0.3) is 0 Å². The van der Waals surface area contributed by atoms with Crippen LogP contribution in [0.4, 0.5) is 10.1 Å². The predicted octanol–water partition coefficient (Wildman–Crippen LogP) is 3.09. The molecule has 1 heterocycles. The van der Waals surface area contributed by atoms with Gasteiger partial charge < -0.3 is 10.0 Å². The lowest BCUT2D eigenvalue weighted by Gasteiger charge is -2.19. The summed E-state index contributed by atoms with van der Waals surface area (Å²) in [5, 5.41) is 8.87. The van der Waals surface area contributed by atoms with E-state index in [1.54, 1.807) is 18.2 Å². The molecule has 1 N–H and O–H groups in total. The van der Waals surface area contributed by atoms with E-state index in [0.29, 0.717) is 6.54 Å². The van der Waals surface area contributed by atoms with Crippen molar-refractivity contribution in [2.45, 2.75) is 13.0 Å². The lowest BCUT2D eigenvalue weighted by molar-refractivity contribution is 0.0697. The number of rotatable bonds is 3. The third-order valence-electron chi connectivity index (χ3n) is 3.61. The number of benzene rings is 2. The zero-order valence-corrected chi connectivity index (χ0v) is 10.8. The summed E-state index contributed by atoms with van der Waals surface area (Å²) < 4.78 is 13.2. The van der Waals surface area contributed by atoms with Crippen molar-refractivity contribution in [3.8, 4) is 0 Å². The molecule has 0 saturated heterocycles. The lowest BCUT2D eigenvalue weighted by atomic mass is 10.1. The van der Waals surface area contributed by atoms with Gasteiger partial charge in [-0.05, 0) is 47.9 Å². The van der Waals surface area contributed by atoms with Crippen LogP contribution >= 0.6 is 0 Å². The first-order valence-corrected chi connectivity index (χ1v) is 6.49. The second-order valence-corrected chi connectivity index (χ2v) is 4.95. The highest BCUT2D eigenvalue weighted by molar-refractivity contribution is 5.87. The first kappa shape index (κ1) is 12.7. The molecule has 4 heteroatoms. The average molecular weight is 271 g/mol. The molecular weight excluding hydrogens is 257 g/mol. The van der Waals surface area contributed by atoms with Crippen molar-refractivity contribution in [1.29, 1.82) is 0 Å². The van der Waals surface area contributed by atoms with E-state index in [9.17, 15) is 9.18 Å². The topological polar surface area (TPSA) is 40.5 Å². The molecule has 0 radical (unpaired) electrons. The van der Waals surface area contributed by atoms with Crippen LogP contribution in [0, 0.1) is 5.82 Å². The number of carboxylic acids is 1. The molecule has 0 spiro atoms. The van der Waals surface area contributed by atoms with Gasteiger partial charge >= 0.3 is 5.97 Å². The summed E-state index contributed by atoms with van der Waals surface area (Å²) in [4.78, 5) is 13.0. The third-order valence-corrected chi connectivity index (χ3v) is 3.61. The van der Waals surface area contributed by atoms with Crippen molar-refractivity contribution in [2.75, 3.05) is 11.4 Å². The quantitative estimate of drug-likeness (QED) is 0.932. The number of nitrogens with zero attached hydrogens (tertiary/aromatic N) is 1. The maximum absolute atomic E-state index is 13.2. The fourth-order valence-electron chi connectivity index (χ4n) is 2.58. The van der Waals surface area contributed by atoms with Crippen LogP contribution < -0.4 is 4.90 Å². The molecule has 1 aliphatic heterocycles. The molecule has 1 aliphatic rings. The Labute approximate surface area is 116 Å². The highest BCUT2D eigenvalue weighted by atomic mass is 19.1. The highest BCUT2D eigenvalue weighted by Crippen LogP contribution is 2.29. The van der Waals surface area contributed by atoms with Crippen LogP contribution in [0.5, 0.6) is 0 Å². The minimum Gasteiger partial charge on any atom is -0.478 e. The molecule has 0 saturated carbocycles. The Morgan fingerprint density at radius 2 is 1.95 bits per heavy atom. The van der Waals surface area contributed by atoms with Gasteiger partial charge in [0.25, 0.3) is 0 Å². The third kappa shape index (κ3) is 2.37. The molecule has 0 bridgehead atoms. The van der Waals surface area contributed by atoms with E-state index in [-0.39, 0.29) is 11.4 Å². The van der Waals surface area contributed by atoms with Gasteiger partial charge in [-0.15, -0.1) is 0 Å². The maximum Gasteiger partial charge on any atom is 0.335 e. The first-order chi connectivity index (χ1) is 9.63. The minimum absolute atomic E-state index is 0.198. The standard InChI is InChI=1S/C16H14FNO2/c17-14-5-6-15-13(9-14)7-8-18(15)10-11-1-3-12(4-2-11)16(19)20/h1-6,9H,7-8,10H2,(H,19,20). The van der Waals surface area contributed by atoms with Crippen molar-refractivity contribution in [3.63, 3.8) is 0 Å². The van der Waals surface area contributed by atoms with Gasteiger partial charge in [-0.25, -0.2) is 9.18 Å². The molecule has 3 rings (SSSR count).